The molecule has 0 aromatic heterocycles. The van der Waals surface area contributed by atoms with Gasteiger partial charge in [-0.1, -0.05) is 36.4 Å². The van der Waals surface area contributed by atoms with Crippen LogP contribution in [0.3, 0.4) is 0 Å². The van der Waals surface area contributed by atoms with E-state index in [0.717, 1.165) is 0 Å². The molecule has 26 heavy (non-hydrogen) atoms. The van der Waals surface area contributed by atoms with Crippen LogP contribution in [0.4, 0.5) is 5.69 Å². The molecule has 3 amide bonds. The number of nitrogens with zero attached hydrogens (tertiary/aromatic N) is 1. The predicted molar refractivity (Wildman–Crippen MR) is 95.9 cm³/mol. The molecule has 0 radical (unpaired) electrons. The van der Waals surface area contributed by atoms with Crippen molar-refractivity contribution in [2.75, 3.05) is 11.9 Å². The van der Waals surface area contributed by atoms with E-state index in [0.29, 0.717) is 16.8 Å². The SMILES string of the molecule is N#CCC(=O)NCc1ccccc1NC(=O)CNC(=O)c1ccccc1. The molecule has 0 atom stereocenters. The molecular weight excluding hydrogens is 332 g/mol. The molecule has 2 aromatic rings. The number of carbonyl (C=O) groups is 3. The molecule has 0 saturated carbocycles. The molecule has 0 spiro atoms. The van der Waals surface area contributed by atoms with Gasteiger partial charge in [-0.3, -0.25) is 14.4 Å². The number of benzene rings is 2. The van der Waals surface area contributed by atoms with E-state index >= 15 is 0 Å². The van der Waals surface area contributed by atoms with Crippen molar-refractivity contribution < 1.29 is 14.4 Å². The number of carbonyl (C=O) groups excluding carboxylic acids is 3. The lowest BCUT2D eigenvalue weighted by molar-refractivity contribution is -0.120. The van der Waals surface area contributed by atoms with Gasteiger partial charge in [-0.15, -0.1) is 0 Å². The Kier molecular flexibility index (Phi) is 6.89. The Bertz CT molecular complexity index is 828. The van der Waals surface area contributed by atoms with Gasteiger partial charge >= 0.3 is 0 Å². The van der Waals surface area contributed by atoms with Gasteiger partial charge in [0.15, 0.2) is 0 Å². The topological polar surface area (TPSA) is 111 Å². The molecular formula is C19H18N4O3. The van der Waals surface area contributed by atoms with Crippen LogP contribution in [0.1, 0.15) is 22.3 Å². The van der Waals surface area contributed by atoms with Crippen LogP contribution in [-0.2, 0) is 16.1 Å². The molecule has 2 rings (SSSR count). The molecule has 0 heterocycles. The van der Waals surface area contributed by atoms with Crippen molar-refractivity contribution in [3.05, 3.63) is 65.7 Å². The molecule has 2 aromatic carbocycles. The van der Waals surface area contributed by atoms with Crippen molar-refractivity contribution in [2.24, 2.45) is 0 Å². The van der Waals surface area contributed by atoms with Gasteiger partial charge in [0.05, 0.1) is 12.6 Å². The largest absolute Gasteiger partial charge is 0.351 e. The molecule has 0 saturated heterocycles. The van der Waals surface area contributed by atoms with Crippen molar-refractivity contribution >= 4 is 23.4 Å². The molecule has 0 aliphatic heterocycles. The Morgan fingerprint density at radius 3 is 2.31 bits per heavy atom. The predicted octanol–water partition coefficient (Wildman–Crippen LogP) is 1.58. The standard InChI is InChI=1S/C19H18N4O3/c20-11-10-17(24)21-12-15-8-4-5-9-16(15)23-18(25)13-22-19(26)14-6-2-1-3-7-14/h1-9H,10,12-13H2,(H,21,24)(H,22,26)(H,23,25). The zero-order chi connectivity index (χ0) is 18.8. The summed E-state index contributed by atoms with van der Waals surface area (Å²) in [6, 6.07) is 17.4. The van der Waals surface area contributed by atoms with Gasteiger partial charge in [-0.05, 0) is 23.8 Å². The molecule has 3 N–H and O–H groups in total. The lowest BCUT2D eigenvalue weighted by atomic mass is 10.1. The first-order valence-corrected chi connectivity index (χ1v) is 7.95. The molecule has 0 aliphatic carbocycles. The third-order valence-electron chi connectivity index (χ3n) is 3.45. The van der Waals surface area contributed by atoms with Gasteiger partial charge in [-0.25, -0.2) is 0 Å². The highest BCUT2D eigenvalue weighted by atomic mass is 16.2. The van der Waals surface area contributed by atoms with E-state index in [-0.39, 0.29) is 37.2 Å². The van der Waals surface area contributed by atoms with Crippen LogP contribution in [0.25, 0.3) is 0 Å². The van der Waals surface area contributed by atoms with Crippen LogP contribution in [0, 0.1) is 11.3 Å². The molecule has 7 nitrogen and oxygen atoms in total. The summed E-state index contributed by atoms with van der Waals surface area (Å²) in [5, 5.41) is 16.3. The van der Waals surface area contributed by atoms with Crippen LogP contribution in [0.2, 0.25) is 0 Å². The fourth-order valence-corrected chi connectivity index (χ4v) is 2.17. The van der Waals surface area contributed by atoms with Gasteiger partial charge < -0.3 is 16.0 Å². The Morgan fingerprint density at radius 1 is 0.885 bits per heavy atom. The van der Waals surface area contributed by atoms with E-state index in [2.05, 4.69) is 16.0 Å². The van der Waals surface area contributed by atoms with Crippen LogP contribution in [-0.4, -0.2) is 24.3 Å². The summed E-state index contributed by atoms with van der Waals surface area (Å²) in [5.41, 5.74) is 1.70. The molecule has 0 bridgehead atoms. The van der Waals surface area contributed by atoms with Gasteiger partial charge in [-0.2, -0.15) is 5.26 Å². The van der Waals surface area contributed by atoms with Crippen molar-refractivity contribution in [3.8, 4) is 6.07 Å². The number of para-hydroxylation sites is 1. The number of anilines is 1. The maximum Gasteiger partial charge on any atom is 0.251 e. The average Bonchev–Trinajstić information content (AvgIpc) is 2.66. The van der Waals surface area contributed by atoms with E-state index in [1.54, 1.807) is 60.7 Å². The maximum absolute atomic E-state index is 12.1. The summed E-state index contributed by atoms with van der Waals surface area (Å²) >= 11 is 0. The fraction of sp³-hybridized carbons (Fsp3) is 0.158. The van der Waals surface area contributed by atoms with Crippen LogP contribution < -0.4 is 16.0 Å². The highest BCUT2D eigenvalue weighted by Gasteiger charge is 2.10. The molecule has 132 valence electrons. The van der Waals surface area contributed by atoms with Crippen molar-refractivity contribution in [1.29, 1.82) is 5.26 Å². The summed E-state index contributed by atoms with van der Waals surface area (Å²) in [5.74, 6) is -1.10. The van der Waals surface area contributed by atoms with Crippen molar-refractivity contribution in [2.45, 2.75) is 13.0 Å². The first kappa shape index (κ1) is 18.7. The number of rotatable bonds is 7. The normalized spacial score (nSPS) is 9.65. The van der Waals surface area contributed by atoms with Gasteiger partial charge in [0, 0.05) is 17.8 Å². The van der Waals surface area contributed by atoms with Crippen LogP contribution in [0.15, 0.2) is 54.6 Å². The lowest BCUT2D eigenvalue weighted by Gasteiger charge is -2.12. The van der Waals surface area contributed by atoms with E-state index in [4.69, 9.17) is 5.26 Å². The Morgan fingerprint density at radius 2 is 1.58 bits per heavy atom. The highest BCUT2D eigenvalue weighted by Crippen LogP contribution is 2.14. The quantitative estimate of drug-likeness (QED) is 0.704. The zero-order valence-corrected chi connectivity index (χ0v) is 14.0. The zero-order valence-electron chi connectivity index (χ0n) is 14.0. The van der Waals surface area contributed by atoms with E-state index in [1.807, 2.05) is 0 Å². The van der Waals surface area contributed by atoms with E-state index in [9.17, 15) is 14.4 Å². The minimum atomic E-state index is -0.385. The number of amides is 3. The second-order valence-corrected chi connectivity index (χ2v) is 5.37. The van der Waals surface area contributed by atoms with Gasteiger partial charge in [0.25, 0.3) is 5.91 Å². The minimum Gasteiger partial charge on any atom is -0.351 e. The third kappa shape index (κ3) is 5.76. The van der Waals surface area contributed by atoms with Crippen LogP contribution >= 0.6 is 0 Å². The first-order valence-electron chi connectivity index (χ1n) is 7.95. The third-order valence-corrected chi connectivity index (χ3v) is 3.45. The molecule has 0 unspecified atom stereocenters. The average molecular weight is 350 g/mol. The minimum absolute atomic E-state index is 0.178. The smallest absolute Gasteiger partial charge is 0.251 e. The second-order valence-electron chi connectivity index (χ2n) is 5.37. The number of hydrogen-bond donors (Lipinski definition) is 3. The van der Waals surface area contributed by atoms with Crippen molar-refractivity contribution in [1.82, 2.24) is 10.6 Å². The number of nitrogens with one attached hydrogen (secondary N) is 3. The lowest BCUT2D eigenvalue weighted by Crippen LogP contribution is -2.33. The molecule has 0 fully saturated rings. The Labute approximate surface area is 151 Å². The maximum atomic E-state index is 12.1. The molecule has 0 aliphatic rings. The fourth-order valence-electron chi connectivity index (χ4n) is 2.17. The summed E-state index contributed by atoms with van der Waals surface area (Å²) in [6.45, 7) is 0.0101. The van der Waals surface area contributed by atoms with Gasteiger partial charge in [0.1, 0.15) is 6.42 Å². The molecule has 7 heteroatoms. The highest BCUT2D eigenvalue weighted by molar-refractivity contribution is 5.99. The van der Waals surface area contributed by atoms with Crippen molar-refractivity contribution in [3.63, 3.8) is 0 Å². The number of hydrogen-bond acceptors (Lipinski definition) is 4. The van der Waals surface area contributed by atoms with Gasteiger partial charge in [0.2, 0.25) is 11.8 Å². The van der Waals surface area contributed by atoms with Crippen LogP contribution in [0.5, 0.6) is 0 Å². The summed E-state index contributed by atoms with van der Waals surface area (Å²) < 4.78 is 0. The summed E-state index contributed by atoms with van der Waals surface area (Å²) in [7, 11) is 0. The van der Waals surface area contributed by atoms with E-state index in [1.165, 1.54) is 0 Å². The monoisotopic (exact) mass is 350 g/mol. The summed E-state index contributed by atoms with van der Waals surface area (Å²) in [6.07, 6.45) is -0.222. The summed E-state index contributed by atoms with van der Waals surface area (Å²) in [4.78, 5) is 35.4. The Balaban J connectivity index is 1.89. The van der Waals surface area contributed by atoms with E-state index < -0.39 is 0 Å². The number of nitriles is 1. The Hall–Kier alpha value is -3.66. The second kappa shape index (κ2) is 9.59. The first-order chi connectivity index (χ1) is 12.6.